The van der Waals surface area contributed by atoms with E-state index in [0.717, 1.165) is 12.8 Å². The van der Waals surface area contributed by atoms with Gasteiger partial charge in [0.1, 0.15) is 5.54 Å². The third-order valence-corrected chi connectivity index (χ3v) is 3.23. The van der Waals surface area contributed by atoms with Crippen LogP contribution in [-0.2, 0) is 9.59 Å². The molecule has 5 heteroatoms. The zero-order valence-electron chi connectivity index (χ0n) is 10.7. The van der Waals surface area contributed by atoms with Crippen molar-refractivity contribution in [3.63, 3.8) is 0 Å². The van der Waals surface area contributed by atoms with Crippen LogP contribution in [0.5, 0.6) is 0 Å². The van der Waals surface area contributed by atoms with E-state index < -0.39 is 17.0 Å². The van der Waals surface area contributed by atoms with E-state index in [2.05, 4.69) is 5.32 Å². The number of nitrogens with two attached hydrogens (primary N) is 1. The quantitative estimate of drug-likeness (QED) is 0.644. The molecule has 0 aromatic rings. The highest BCUT2D eigenvalue weighted by Gasteiger charge is 2.48. The number of hydrogen-bond donors (Lipinski definition) is 3. The number of carbonyl (C=O) groups is 2. The lowest BCUT2D eigenvalue weighted by Gasteiger charge is -2.27. The van der Waals surface area contributed by atoms with Gasteiger partial charge in [-0.05, 0) is 46.0 Å². The molecule has 1 saturated carbocycles. The van der Waals surface area contributed by atoms with Gasteiger partial charge < -0.3 is 16.2 Å². The Balaban J connectivity index is 2.51. The molecule has 0 heterocycles. The van der Waals surface area contributed by atoms with Crippen LogP contribution in [0.3, 0.4) is 0 Å². The number of nitrogens with one attached hydrogen (secondary N) is 1. The summed E-state index contributed by atoms with van der Waals surface area (Å²) in [6, 6.07) is 0. The van der Waals surface area contributed by atoms with Crippen LogP contribution < -0.4 is 11.1 Å². The Hall–Kier alpha value is -1.10. The van der Waals surface area contributed by atoms with Crippen LogP contribution in [0.25, 0.3) is 0 Å². The molecular weight excluding hydrogens is 220 g/mol. The lowest BCUT2D eigenvalue weighted by atomic mass is 9.94. The Bertz CT molecular complexity index is 318. The zero-order chi connectivity index (χ0) is 13.3. The highest BCUT2D eigenvalue weighted by molar-refractivity contribution is 5.87. The second-order valence-electron chi connectivity index (χ2n) is 5.82. The predicted octanol–water partition coefficient (Wildman–Crippen LogP) is 0.873. The minimum Gasteiger partial charge on any atom is -0.480 e. The van der Waals surface area contributed by atoms with Gasteiger partial charge in [0.2, 0.25) is 5.91 Å². The number of rotatable bonds is 6. The Morgan fingerprint density at radius 3 is 2.24 bits per heavy atom. The molecule has 5 nitrogen and oxygen atoms in total. The van der Waals surface area contributed by atoms with Crippen molar-refractivity contribution < 1.29 is 14.7 Å². The molecule has 0 aromatic carbocycles. The summed E-state index contributed by atoms with van der Waals surface area (Å²) in [5.74, 6) is -1.13. The summed E-state index contributed by atoms with van der Waals surface area (Å²) in [4.78, 5) is 22.9. The average Bonchev–Trinajstić information content (AvgIpc) is 2.96. The third kappa shape index (κ3) is 4.00. The SMILES string of the molecule is CC(C)(N)CCC(=O)NC(C)(C(=O)O)C1CC1. The molecule has 1 aliphatic rings. The summed E-state index contributed by atoms with van der Waals surface area (Å²) >= 11 is 0. The number of amides is 1. The highest BCUT2D eigenvalue weighted by Crippen LogP contribution is 2.39. The fourth-order valence-corrected chi connectivity index (χ4v) is 1.78. The van der Waals surface area contributed by atoms with Crippen molar-refractivity contribution in [2.24, 2.45) is 11.7 Å². The number of carboxylic acids is 1. The van der Waals surface area contributed by atoms with Crippen molar-refractivity contribution >= 4 is 11.9 Å². The zero-order valence-corrected chi connectivity index (χ0v) is 10.7. The summed E-state index contributed by atoms with van der Waals surface area (Å²) in [6.45, 7) is 5.27. The standard InChI is InChI=1S/C12H22N2O3/c1-11(2,13)7-6-9(15)14-12(3,10(16)17)8-4-5-8/h8H,4-7,13H2,1-3H3,(H,14,15)(H,16,17). The molecule has 0 radical (unpaired) electrons. The van der Waals surface area contributed by atoms with Crippen LogP contribution >= 0.6 is 0 Å². The van der Waals surface area contributed by atoms with Gasteiger partial charge in [-0.3, -0.25) is 4.79 Å². The first-order chi connectivity index (χ1) is 7.65. The van der Waals surface area contributed by atoms with Gasteiger partial charge in [0, 0.05) is 12.0 Å². The lowest BCUT2D eigenvalue weighted by molar-refractivity contribution is -0.148. The summed E-state index contributed by atoms with van der Waals surface area (Å²) < 4.78 is 0. The molecular formula is C12H22N2O3. The molecule has 0 saturated heterocycles. The van der Waals surface area contributed by atoms with Gasteiger partial charge in [-0.15, -0.1) is 0 Å². The van der Waals surface area contributed by atoms with Crippen molar-refractivity contribution in [2.75, 3.05) is 0 Å². The molecule has 1 fully saturated rings. The molecule has 4 N–H and O–H groups in total. The van der Waals surface area contributed by atoms with E-state index in [1.807, 2.05) is 13.8 Å². The summed E-state index contributed by atoms with van der Waals surface area (Å²) in [5, 5.41) is 11.8. The summed E-state index contributed by atoms with van der Waals surface area (Å²) in [7, 11) is 0. The molecule has 1 aliphatic carbocycles. The van der Waals surface area contributed by atoms with Gasteiger partial charge in [-0.2, -0.15) is 0 Å². The molecule has 0 aliphatic heterocycles. The smallest absolute Gasteiger partial charge is 0.329 e. The molecule has 1 unspecified atom stereocenters. The van der Waals surface area contributed by atoms with Gasteiger partial charge in [0.15, 0.2) is 0 Å². The van der Waals surface area contributed by atoms with Crippen molar-refractivity contribution in [3.05, 3.63) is 0 Å². The van der Waals surface area contributed by atoms with Crippen LogP contribution in [0.15, 0.2) is 0 Å². The second-order valence-corrected chi connectivity index (χ2v) is 5.82. The maximum Gasteiger partial charge on any atom is 0.329 e. The second kappa shape index (κ2) is 4.64. The topological polar surface area (TPSA) is 92.4 Å². The van der Waals surface area contributed by atoms with Crippen molar-refractivity contribution in [2.45, 2.75) is 57.5 Å². The van der Waals surface area contributed by atoms with E-state index in [0.29, 0.717) is 6.42 Å². The lowest BCUT2D eigenvalue weighted by Crippen LogP contribution is -2.54. The first-order valence-electron chi connectivity index (χ1n) is 5.98. The third-order valence-electron chi connectivity index (χ3n) is 3.23. The van der Waals surface area contributed by atoms with Crippen molar-refractivity contribution in [3.8, 4) is 0 Å². The minimum atomic E-state index is -1.12. The van der Waals surface area contributed by atoms with E-state index in [-0.39, 0.29) is 18.2 Å². The summed E-state index contributed by atoms with van der Waals surface area (Å²) in [5.41, 5.74) is 4.26. The molecule has 1 amide bonds. The van der Waals surface area contributed by atoms with Gasteiger partial charge in [-0.25, -0.2) is 4.79 Å². The Morgan fingerprint density at radius 1 is 1.35 bits per heavy atom. The van der Waals surface area contributed by atoms with Crippen molar-refractivity contribution in [1.82, 2.24) is 5.32 Å². The van der Waals surface area contributed by atoms with E-state index >= 15 is 0 Å². The predicted molar refractivity (Wildman–Crippen MR) is 64.4 cm³/mol. The van der Waals surface area contributed by atoms with Gasteiger partial charge in [0.25, 0.3) is 0 Å². The number of aliphatic carboxylic acids is 1. The molecule has 1 atom stereocenters. The minimum absolute atomic E-state index is 0.0647. The van der Waals surface area contributed by atoms with E-state index in [4.69, 9.17) is 5.73 Å². The van der Waals surface area contributed by atoms with Gasteiger partial charge in [0.05, 0.1) is 0 Å². The number of carbonyl (C=O) groups excluding carboxylic acids is 1. The summed E-state index contributed by atoms with van der Waals surface area (Å²) in [6.07, 6.45) is 2.54. The fraction of sp³-hybridized carbons (Fsp3) is 0.833. The fourth-order valence-electron chi connectivity index (χ4n) is 1.78. The largest absolute Gasteiger partial charge is 0.480 e. The number of hydrogen-bond acceptors (Lipinski definition) is 3. The van der Waals surface area contributed by atoms with Crippen LogP contribution in [-0.4, -0.2) is 28.1 Å². The molecule has 0 aromatic heterocycles. The molecule has 98 valence electrons. The first-order valence-corrected chi connectivity index (χ1v) is 5.98. The molecule has 0 bridgehead atoms. The van der Waals surface area contributed by atoms with E-state index in [1.165, 1.54) is 0 Å². The van der Waals surface area contributed by atoms with Gasteiger partial charge >= 0.3 is 5.97 Å². The maximum absolute atomic E-state index is 11.7. The Labute approximate surface area is 102 Å². The molecule has 1 rings (SSSR count). The monoisotopic (exact) mass is 242 g/mol. The van der Waals surface area contributed by atoms with Crippen LogP contribution in [0.4, 0.5) is 0 Å². The van der Waals surface area contributed by atoms with Crippen molar-refractivity contribution in [1.29, 1.82) is 0 Å². The van der Waals surface area contributed by atoms with Crippen LogP contribution in [0, 0.1) is 5.92 Å². The Kier molecular flexibility index (Phi) is 3.81. The normalized spacial score (nSPS) is 19.5. The number of carboxylic acid groups (broad SMARTS) is 1. The molecule has 0 spiro atoms. The van der Waals surface area contributed by atoms with Gasteiger partial charge in [-0.1, -0.05) is 0 Å². The van der Waals surface area contributed by atoms with Crippen LogP contribution in [0.1, 0.15) is 46.5 Å². The Morgan fingerprint density at radius 2 is 1.88 bits per heavy atom. The van der Waals surface area contributed by atoms with E-state index in [1.54, 1.807) is 6.92 Å². The molecule has 17 heavy (non-hydrogen) atoms. The average molecular weight is 242 g/mol. The maximum atomic E-state index is 11.7. The first kappa shape index (κ1) is 14.0. The van der Waals surface area contributed by atoms with E-state index in [9.17, 15) is 14.7 Å². The highest BCUT2D eigenvalue weighted by atomic mass is 16.4. The van der Waals surface area contributed by atoms with Crippen LogP contribution in [0.2, 0.25) is 0 Å².